The first-order valence-corrected chi connectivity index (χ1v) is 5.25. The SMILES string of the molecule is C/C(=C\c1nc2ccccc2s1)C(=O)O. The van der Waals surface area contributed by atoms with Crippen LogP contribution in [0.25, 0.3) is 16.3 Å². The molecule has 0 aliphatic heterocycles. The zero-order valence-electron chi connectivity index (χ0n) is 8.10. The summed E-state index contributed by atoms with van der Waals surface area (Å²) in [5, 5.41) is 9.46. The van der Waals surface area contributed by atoms with E-state index in [9.17, 15) is 4.79 Å². The lowest BCUT2D eigenvalue weighted by Crippen LogP contribution is -1.94. The number of hydrogen-bond acceptors (Lipinski definition) is 3. The Kier molecular flexibility index (Phi) is 2.51. The number of hydrogen-bond donors (Lipinski definition) is 1. The molecule has 1 aromatic heterocycles. The summed E-state index contributed by atoms with van der Waals surface area (Å²) in [4.78, 5) is 14.9. The van der Waals surface area contributed by atoms with Gasteiger partial charge in [0.05, 0.1) is 10.2 Å². The van der Waals surface area contributed by atoms with Crippen molar-refractivity contribution in [3.63, 3.8) is 0 Å². The van der Waals surface area contributed by atoms with Gasteiger partial charge in [-0.3, -0.25) is 0 Å². The van der Waals surface area contributed by atoms with Crippen LogP contribution in [-0.4, -0.2) is 16.1 Å². The van der Waals surface area contributed by atoms with Gasteiger partial charge in [-0.1, -0.05) is 12.1 Å². The monoisotopic (exact) mass is 219 g/mol. The van der Waals surface area contributed by atoms with Crippen molar-refractivity contribution in [3.05, 3.63) is 34.8 Å². The van der Waals surface area contributed by atoms with Crippen molar-refractivity contribution in [1.29, 1.82) is 0 Å². The number of para-hydroxylation sites is 1. The predicted molar refractivity (Wildman–Crippen MR) is 60.9 cm³/mol. The van der Waals surface area contributed by atoms with Crippen molar-refractivity contribution in [2.24, 2.45) is 0 Å². The van der Waals surface area contributed by atoms with Gasteiger partial charge in [0.2, 0.25) is 0 Å². The Bertz CT molecular complexity index is 509. The molecule has 3 nitrogen and oxygen atoms in total. The average Bonchev–Trinajstić information content (AvgIpc) is 2.59. The van der Waals surface area contributed by atoms with Crippen LogP contribution < -0.4 is 0 Å². The van der Waals surface area contributed by atoms with E-state index in [2.05, 4.69) is 4.98 Å². The van der Waals surface area contributed by atoms with E-state index < -0.39 is 5.97 Å². The summed E-state index contributed by atoms with van der Waals surface area (Å²) in [5.74, 6) is -0.908. The molecular formula is C11H9NO2S. The van der Waals surface area contributed by atoms with Gasteiger partial charge in [-0.2, -0.15) is 0 Å². The molecule has 0 atom stereocenters. The Labute approximate surface area is 90.7 Å². The number of rotatable bonds is 2. The molecule has 0 amide bonds. The summed E-state index contributed by atoms with van der Waals surface area (Å²) < 4.78 is 1.07. The second-order valence-electron chi connectivity index (χ2n) is 3.15. The number of aliphatic carboxylic acids is 1. The predicted octanol–water partition coefficient (Wildman–Crippen LogP) is 2.78. The number of benzene rings is 1. The Morgan fingerprint density at radius 1 is 1.47 bits per heavy atom. The topological polar surface area (TPSA) is 50.2 Å². The lowest BCUT2D eigenvalue weighted by molar-refractivity contribution is -0.132. The van der Waals surface area contributed by atoms with Crippen LogP contribution in [0.2, 0.25) is 0 Å². The van der Waals surface area contributed by atoms with Crippen LogP contribution in [0.15, 0.2) is 29.8 Å². The van der Waals surface area contributed by atoms with Crippen molar-refractivity contribution in [2.75, 3.05) is 0 Å². The number of thiazole rings is 1. The van der Waals surface area contributed by atoms with Gasteiger partial charge in [-0.15, -0.1) is 11.3 Å². The average molecular weight is 219 g/mol. The summed E-state index contributed by atoms with van der Waals surface area (Å²) in [6.07, 6.45) is 1.59. The Balaban J connectivity index is 2.46. The van der Waals surface area contributed by atoms with E-state index in [0.717, 1.165) is 15.2 Å². The second kappa shape index (κ2) is 3.82. The Hall–Kier alpha value is -1.68. The van der Waals surface area contributed by atoms with Crippen LogP contribution in [0.4, 0.5) is 0 Å². The molecule has 0 saturated heterocycles. The van der Waals surface area contributed by atoms with Crippen LogP contribution >= 0.6 is 11.3 Å². The molecule has 0 aliphatic carbocycles. The molecule has 0 bridgehead atoms. The van der Waals surface area contributed by atoms with E-state index in [-0.39, 0.29) is 0 Å². The molecule has 4 heteroatoms. The minimum atomic E-state index is -0.908. The molecule has 76 valence electrons. The first-order chi connectivity index (χ1) is 7.16. The van der Waals surface area contributed by atoms with Crippen molar-refractivity contribution in [2.45, 2.75) is 6.92 Å². The first kappa shape index (κ1) is 9.86. The summed E-state index contributed by atoms with van der Waals surface area (Å²) in [5.41, 5.74) is 1.21. The maximum Gasteiger partial charge on any atom is 0.331 e. The summed E-state index contributed by atoms with van der Waals surface area (Å²) in [6, 6.07) is 7.75. The number of fused-ring (bicyclic) bond motifs is 1. The number of carbonyl (C=O) groups is 1. The smallest absolute Gasteiger partial charge is 0.331 e. The molecule has 0 saturated carbocycles. The molecular weight excluding hydrogens is 210 g/mol. The highest BCUT2D eigenvalue weighted by Crippen LogP contribution is 2.23. The normalized spacial score (nSPS) is 11.9. The van der Waals surface area contributed by atoms with Gasteiger partial charge in [-0.25, -0.2) is 9.78 Å². The van der Waals surface area contributed by atoms with Crippen molar-refractivity contribution in [3.8, 4) is 0 Å². The van der Waals surface area contributed by atoms with Gasteiger partial charge in [0.25, 0.3) is 0 Å². The van der Waals surface area contributed by atoms with Crippen LogP contribution in [0, 0.1) is 0 Å². The lowest BCUT2D eigenvalue weighted by atomic mass is 10.3. The summed E-state index contributed by atoms with van der Waals surface area (Å²) in [6.45, 7) is 1.56. The van der Waals surface area contributed by atoms with Gasteiger partial charge >= 0.3 is 5.97 Å². The molecule has 0 aliphatic rings. The zero-order chi connectivity index (χ0) is 10.8. The number of carboxylic acid groups (broad SMARTS) is 1. The van der Waals surface area contributed by atoms with Crippen LogP contribution in [-0.2, 0) is 4.79 Å². The molecule has 15 heavy (non-hydrogen) atoms. The minimum Gasteiger partial charge on any atom is -0.478 e. The molecule has 0 radical (unpaired) electrons. The van der Waals surface area contributed by atoms with E-state index in [1.165, 1.54) is 11.3 Å². The summed E-state index contributed by atoms with van der Waals surface area (Å²) >= 11 is 1.49. The lowest BCUT2D eigenvalue weighted by Gasteiger charge is -1.88. The third-order valence-corrected chi connectivity index (χ3v) is 2.97. The number of nitrogens with zero attached hydrogens (tertiary/aromatic N) is 1. The highest BCUT2D eigenvalue weighted by atomic mass is 32.1. The third kappa shape index (κ3) is 2.05. The molecule has 2 rings (SSSR count). The first-order valence-electron chi connectivity index (χ1n) is 4.44. The van der Waals surface area contributed by atoms with E-state index in [0.29, 0.717) is 5.57 Å². The van der Waals surface area contributed by atoms with E-state index in [1.54, 1.807) is 13.0 Å². The van der Waals surface area contributed by atoms with E-state index >= 15 is 0 Å². The third-order valence-electron chi connectivity index (χ3n) is 1.99. The maximum absolute atomic E-state index is 10.6. The van der Waals surface area contributed by atoms with Crippen LogP contribution in [0.1, 0.15) is 11.9 Å². The largest absolute Gasteiger partial charge is 0.478 e. The molecule has 1 heterocycles. The fraction of sp³-hybridized carbons (Fsp3) is 0.0909. The molecule has 0 unspecified atom stereocenters. The van der Waals surface area contributed by atoms with Crippen molar-refractivity contribution >= 4 is 33.6 Å². The number of carboxylic acids is 1. The van der Waals surface area contributed by atoms with Crippen molar-refractivity contribution < 1.29 is 9.90 Å². The molecule has 1 aromatic carbocycles. The highest BCUT2D eigenvalue weighted by Gasteiger charge is 2.04. The maximum atomic E-state index is 10.6. The van der Waals surface area contributed by atoms with Crippen molar-refractivity contribution in [1.82, 2.24) is 4.98 Å². The quantitative estimate of drug-likeness (QED) is 0.790. The standard InChI is InChI=1S/C11H9NO2S/c1-7(11(13)14)6-10-12-8-4-2-3-5-9(8)15-10/h2-6H,1H3,(H,13,14)/b7-6+. The van der Waals surface area contributed by atoms with E-state index in [4.69, 9.17) is 5.11 Å². The van der Waals surface area contributed by atoms with Gasteiger partial charge in [0.1, 0.15) is 5.01 Å². The molecule has 1 N–H and O–H groups in total. The van der Waals surface area contributed by atoms with Crippen LogP contribution in [0.5, 0.6) is 0 Å². The molecule has 0 fully saturated rings. The summed E-state index contributed by atoms with van der Waals surface area (Å²) in [7, 11) is 0. The van der Waals surface area contributed by atoms with Gasteiger partial charge in [-0.05, 0) is 25.1 Å². The Morgan fingerprint density at radius 2 is 2.20 bits per heavy atom. The Morgan fingerprint density at radius 3 is 2.87 bits per heavy atom. The molecule has 0 spiro atoms. The second-order valence-corrected chi connectivity index (χ2v) is 4.21. The highest BCUT2D eigenvalue weighted by molar-refractivity contribution is 7.19. The van der Waals surface area contributed by atoms with E-state index in [1.807, 2.05) is 24.3 Å². The van der Waals surface area contributed by atoms with Gasteiger partial charge in [0.15, 0.2) is 0 Å². The zero-order valence-corrected chi connectivity index (χ0v) is 8.91. The fourth-order valence-electron chi connectivity index (χ4n) is 1.20. The van der Waals surface area contributed by atoms with Gasteiger partial charge in [0, 0.05) is 5.57 Å². The number of aromatic nitrogens is 1. The van der Waals surface area contributed by atoms with Gasteiger partial charge < -0.3 is 5.11 Å². The minimum absolute atomic E-state index is 0.300. The fourth-order valence-corrected chi connectivity index (χ4v) is 2.17. The van der Waals surface area contributed by atoms with Crippen LogP contribution in [0.3, 0.4) is 0 Å². The molecule has 2 aromatic rings.